The molecule has 0 saturated heterocycles. The Bertz CT molecular complexity index is 736. The first kappa shape index (κ1) is 18.1. The first-order chi connectivity index (χ1) is 12.0. The Labute approximate surface area is 153 Å². The Morgan fingerprint density at radius 1 is 1.28 bits per heavy atom. The van der Waals surface area contributed by atoms with Gasteiger partial charge >= 0.3 is 0 Å². The Balaban J connectivity index is 1.67. The molecule has 0 radical (unpaired) electrons. The van der Waals surface area contributed by atoms with Gasteiger partial charge in [0.2, 0.25) is 5.91 Å². The van der Waals surface area contributed by atoms with Crippen molar-refractivity contribution in [3.63, 3.8) is 0 Å². The minimum Gasteiger partial charge on any atom is -0.346 e. The lowest BCUT2D eigenvalue weighted by molar-refractivity contribution is -0.124. The van der Waals surface area contributed by atoms with Crippen LogP contribution in [0.25, 0.3) is 0 Å². The number of thiophene rings is 1. The maximum atomic E-state index is 12.0. The summed E-state index contributed by atoms with van der Waals surface area (Å²) in [6, 6.07) is 2.06. The van der Waals surface area contributed by atoms with Crippen LogP contribution in [-0.4, -0.2) is 38.7 Å². The maximum absolute atomic E-state index is 12.0. The van der Waals surface area contributed by atoms with Crippen LogP contribution in [0.4, 0.5) is 0 Å². The number of aromatic nitrogens is 3. The number of fused-ring (bicyclic) bond motifs is 1. The molecule has 7 heteroatoms. The quantitative estimate of drug-likeness (QED) is 0.889. The maximum Gasteiger partial charge on any atom is 0.223 e. The largest absolute Gasteiger partial charge is 0.346 e. The molecule has 1 aliphatic heterocycles. The highest BCUT2D eigenvalue weighted by atomic mass is 32.1. The van der Waals surface area contributed by atoms with E-state index in [0.717, 1.165) is 44.2 Å². The van der Waals surface area contributed by atoms with Gasteiger partial charge < -0.3 is 9.88 Å². The average molecular weight is 362 g/mol. The summed E-state index contributed by atoms with van der Waals surface area (Å²) in [5.74, 6) is 1.90. The number of carbonyl (C=O) groups excluding carboxylic acids is 1. The SMILES string of the molecule is Cc1ccsc1CN1CCc2nnc([C@@H](C)NC(=O)C(C)C)n2CC1. The van der Waals surface area contributed by atoms with Crippen LogP contribution in [0.3, 0.4) is 0 Å². The smallest absolute Gasteiger partial charge is 0.223 e. The molecule has 0 aliphatic carbocycles. The monoisotopic (exact) mass is 361 g/mol. The van der Waals surface area contributed by atoms with Gasteiger partial charge in [-0.15, -0.1) is 21.5 Å². The second kappa shape index (κ2) is 7.66. The first-order valence-electron chi connectivity index (χ1n) is 8.93. The van der Waals surface area contributed by atoms with Gasteiger partial charge in [0, 0.05) is 43.4 Å². The topological polar surface area (TPSA) is 63.1 Å². The number of hydrogen-bond donors (Lipinski definition) is 1. The minimum atomic E-state index is -0.123. The molecular weight excluding hydrogens is 334 g/mol. The second-order valence-electron chi connectivity index (χ2n) is 7.06. The second-order valence-corrected chi connectivity index (χ2v) is 8.06. The van der Waals surface area contributed by atoms with Crippen LogP contribution < -0.4 is 5.32 Å². The number of nitrogens with one attached hydrogen (secondary N) is 1. The molecule has 1 atom stereocenters. The van der Waals surface area contributed by atoms with E-state index < -0.39 is 0 Å². The lowest BCUT2D eigenvalue weighted by Gasteiger charge is -2.20. The van der Waals surface area contributed by atoms with Gasteiger partial charge in [-0.3, -0.25) is 9.69 Å². The van der Waals surface area contributed by atoms with Crippen LogP contribution >= 0.6 is 11.3 Å². The van der Waals surface area contributed by atoms with Crippen LogP contribution in [-0.2, 0) is 24.3 Å². The number of amides is 1. The van der Waals surface area contributed by atoms with Gasteiger partial charge in [-0.05, 0) is 30.9 Å². The summed E-state index contributed by atoms with van der Waals surface area (Å²) in [7, 11) is 0. The van der Waals surface area contributed by atoms with Crippen molar-refractivity contribution in [1.29, 1.82) is 0 Å². The molecule has 1 amide bonds. The summed E-state index contributed by atoms with van der Waals surface area (Å²) < 4.78 is 2.19. The predicted octanol–water partition coefficient (Wildman–Crippen LogP) is 2.54. The molecule has 0 spiro atoms. The van der Waals surface area contributed by atoms with E-state index in [9.17, 15) is 4.79 Å². The molecule has 136 valence electrons. The summed E-state index contributed by atoms with van der Waals surface area (Å²) in [5.41, 5.74) is 1.37. The van der Waals surface area contributed by atoms with Crippen molar-refractivity contribution in [2.75, 3.05) is 13.1 Å². The fourth-order valence-electron chi connectivity index (χ4n) is 3.08. The third-order valence-corrected chi connectivity index (χ3v) is 5.76. The highest BCUT2D eigenvalue weighted by Crippen LogP contribution is 2.20. The van der Waals surface area contributed by atoms with Gasteiger partial charge in [0.1, 0.15) is 5.82 Å². The Morgan fingerprint density at radius 2 is 2.08 bits per heavy atom. The predicted molar refractivity (Wildman–Crippen MR) is 99.5 cm³/mol. The Kier molecular flexibility index (Phi) is 5.54. The molecular formula is C18H27N5OS. The molecule has 0 unspecified atom stereocenters. The van der Waals surface area contributed by atoms with E-state index >= 15 is 0 Å². The average Bonchev–Trinajstić information content (AvgIpc) is 3.10. The number of hydrogen-bond acceptors (Lipinski definition) is 5. The number of rotatable bonds is 5. The summed E-state index contributed by atoms with van der Waals surface area (Å²) >= 11 is 1.83. The van der Waals surface area contributed by atoms with Crippen LogP contribution in [0.15, 0.2) is 11.4 Å². The summed E-state index contributed by atoms with van der Waals surface area (Å²) in [4.78, 5) is 15.9. The standard InChI is InChI=1S/C18H27N5OS/c1-12(2)18(24)19-14(4)17-21-20-16-5-7-22(8-9-23(16)17)11-15-13(3)6-10-25-15/h6,10,12,14H,5,7-9,11H2,1-4H3,(H,19,24)/t14-/m1/s1. The summed E-state index contributed by atoms with van der Waals surface area (Å²) in [5, 5.41) is 13.9. The number of carbonyl (C=O) groups is 1. The van der Waals surface area contributed by atoms with Gasteiger partial charge in [0.15, 0.2) is 5.82 Å². The number of aryl methyl sites for hydroxylation is 1. The Morgan fingerprint density at radius 3 is 2.76 bits per heavy atom. The van der Waals surface area contributed by atoms with E-state index in [1.54, 1.807) is 0 Å². The van der Waals surface area contributed by atoms with Crippen LogP contribution in [0.5, 0.6) is 0 Å². The van der Waals surface area contributed by atoms with Crippen molar-refractivity contribution in [2.45, 2.75) is 53.2 Å². The minimum absolute atomic E-state index is 0.0292. The van der Waals surface area contributed by atoms with E-state index in [4.69, 9.17) is 0 Å². The fourth-order valence-corrected chi connectivity index (χ4v) is 4.03. The van der Waals surface area contributed by atoms with Gasteiger partial charge in [-0.2, -0.15) is 0 Å². The lowest BCUT2D eigenvalue weighted by Crippen LogP contribution is -2.32. The van der Waals surface area contributed by atoms with Crippen LogP contribution in [0, 0.1) is 12.8 Å². The molecule has 0 bridgehead atoms. The molecule has 25 heavy (non-hydrogen) atoms. The Hall–Kier alpha value is -1.73. The molecule has 0 fully saturated rings. The van der Waals surface area contributed by atoms with Crippen molar-refractivity contribution in [2.24, 2.45) is 5.92 Å². The normalized spacial score (nSPS) is 16.5. The summed E-state index contributed by atoms with van der Waals surface area (Å²) in [6.07, 6.45) is 0.891. The van der Waals surface area contributed by atoms with Gasteiger partial charge in [0.25, 0.3) is 0 Å². The molecule has 3 rings (SSSR count). The highest BCUT2D eigenvalue weighted by Gasteiger charge is 2.23. The van der Waals surface area contributed by atoms with Crippen molar-refractivity contribution in [3.05, 3.63) is 33.5 Å². The van der Waals surface area contributed by atoms with E-state index in [1.165, 1.54) is 10.4 Å². The molecule has 1 aliphatic rings. The molecule has 0 aromatic carbocycles. The van der Waals surface area contributed by atoms with Gasteiger partial charge in [-0.1, -0.05) is 13.8 Å². The van der Waals surface area contributed by atoms with Gasteiger partial charge in [-0.25, -0.2) is 0 Å². The zero-order chi connectivity index (χ0) is 18.0. The molecule has 3 heterocycles. The molecule has 2 aromatic rings. The lowest BCUT2D eigenvalue weighted by atomic mass is 10.2. The molecule has 6 nitrogen and oxygen atoms in total. The number of nitrogens with zero attached hydrogens (tertiary/aromatic N) is 4. The third kappa shape index (κ3) is 4.10. The zero-order valence-corrected chi connectivity index (χ0v) is 16.3. The van der Waals surface area contributed by atoms with Gasteiger partial charge in [0.05, 0.1) is 6.04 Å². The molecule has 2 aromatic heterocycles. The van der Waals surface area contributed by atoms with E-state index in [2.05, 4.69) is 43.4 Å². The molecule has 1 N–H and O–H groups in total. The van der Waals surface area contributed by atoms with E-state index in [-0.39, 0.29) is 17.9 Å². The highest BCUT2D eigenvalue weighted by molar-refractivity contribution is 7.10. The van der Waals surface area contributed by atoms with E-state index in [1.807, 2.05) is 32.1 Å². The first-order valence-corrected chi connectivity index (χ1v) is 9.81. The van der Waals surface area contributed by atoms with E-state index in [0.29, 0.717) is 0 Å². The fraction of sp³-hybridized carbons (Fsp3) is 0.611. The summed E-state index contributed by atoms with van der Waals surface area (Å²) in [6.45, 7) is 11.8. The molecule has 0 saturated carbocycles. The van der Waals surface area contributed by atoms with Crippen LogP contribution in [0.1, 0.15) is 48.9 Å². The van der Waals surface area contributed by atoms with Crippen molar-refractivity contribution in [3.8, 4) is 0 Å². The van der Waals surface area contributed by atoms with Crippen LogP contribution in [0.2, 0.25) is 0 Å². The van der Waals surface area contributed by atoms with Crippen molar-refractivity contribution < 1.29 is 4.79 Å². The third-order valence-electron chi connectivity index (χ3n) is 4.75. The van der Waals surface area contributed by atoms with Crippen molar-refractivity contribution >= 4 is 17.2 Å². The van der Waals surface area contributed by atoms with Crippen molar-refractivity contribution in [1.82, 2.24) is 25.0 Å². The zero-order valence-electron chi connectivity index (χ0n) is 15.5.